The molecule has 0 aliphatic carbocycles. The number of anilines is 1. The molecule has 0 aromatic heterocycles. The summed E-state index contributed by atoms with van der Waals surface area (Å²) in [6, 6.07) is 15.2. The highest BCUT2D eigenvalue weighted by Crippen LogP contribution is 2.30. The van der Waals surface area contributed by atoms with Gasteiger partial charge in [-0.05, 0) is 63.6 Å². The van der Waals surface area contributed by atoms with Crippen molar-refractivity contribution in [2.45, 2.75) is 39.8 Å². The van der Waals surface area contributed by atoms with Gasteiger partial charge >= 0.3 is 0 Å². The maximum atomic E-state index is 12.3. The molecule has 6 nitrogen and oxygen atoms in total. The molecule has 31 heavy (non-hydrogen) atoms. The van der Waals surface area contributed by atoms with E-state index in [1.54, 1.807) is 55.7 Å². The number of carbonyl (C=O) groups is 1. The van der Waals surface area contributed by atoms with Gasteiger partial charge in [0.05, 0.1) is 18.7 Å². The van der Waals surface area contributed by atoms with Crippen molar-refractivity contribution in [2.24, 2.45) is 0 Å². The van der Waals surface area contributed by atoms with E-state index < -0.39 is 0 Å². The van der Waals surface area contributed by atoms with Crippen LogP contribution in [0.3, 0.4) is 0 Å². The SMILES string of the molecule is COc1ccc(NC(=O)C=Cc2ccc(C#N)cc2)cc1OCCN(C(C)C)C(C)C. The zero-order chi connectivity index (χ0) is 22.8. The van der Waals surface area contributed by atoms with Crippen molar-refractivity contribution in [3.8, 4) is 17.6 Å². The van der Waals surface area contributed by atoms with Crippen LogP contribution in [0.1, 0.15) is 38.8 Å². The Bertz CT molecular complexity index is 920. The Kier molecular flexibility index (Phi) is 9.11. The molecule has 0 aliphatic rings. The number of nitrogens with one attached hydrogen (secondary N) is 1. The number of hydrogen-bond donors (Lipinski definition) is 1. The molecule has 6 heteroatoms. The molecule has 0 atom stereocenters. The van der Waals surface area contributed by atoms with Crippen molar-refractivity contribution in [2.75, 3.05) is 25.6 Å². The van der Waals surface area contributed by atoms with E-state index in [9.17, 15) is 4.79 Å². The average Bonchev–Trinajstić information content (AvgIpc) is 2.75. The monoisotopic (exact) mass is 421 g/mol. The van der Waals surface area contributed by atoms with Crippen LogP contribution in [0.2, 0.25) is 0 Å². The number of ether oxygens (including phenoxy) is 2. The highest BCUT2D eigenvalue weighted by Gasteiger charge is 2.14. The second-order valence-corrected chi connectivity index (χ2v) is 7.70. The van der Waals surface area contributed by atoms with Crippen LogP contribution in [0.25, 0.3) is 6.08 Å². The van der Waals surface area contributed by atoms with Crippen molar-refractivity contribution in [1.29, 1.82) is 5.26 Å². The van der Waals surface area contributed by atoms with Crippen molar-refractivity contribution in [3.05, 3.63) is 59.7 Å². The Morgan fingerprint density at radius 2 is 1.77 bits per heavy atom. The fourth-order valence-electron chi connectivity index (χ4n) is 3.27. The molecule has 2 rings (SSSR count). The molecule has 2 aromatic rings. The van der Waals surface area contributed by atoms with Crippen molar-refractivity contribution >= 4 is 17.7 Å². The predicted molar refractivity (Wildman–Crippen MR) is 124 cm³/mol. The molecular formula is C25H31N3O3. The summed E-state index contributed by atoms with van der Waals surface area (Å²) in [5.74, 6) is 0.946. The van der Waals surface area contributed by atoms with Gasteiger partial charge in [0.2, 0.25) is 5.91 Å². The Morgan fingerprint density at radius 1 is 1.10 bits per heavy atom. The third kappa shape index (κ3) is 7.47. The first-order valence-corrected chi connectivity index (χ1v) is 10.4. The minimum Gasteiger partial charge on any atom is -0.493 e. The van der Waals surface area contributed by atoms with Crippen molar-refractivity contribution < 1.29 is 14.3 Å². The largest absolute Gasteiger partial charge is 0.493 e. The molecule has 2 aromatic carbocycles. The molecule has 0 fully saturated rings. The van der Waals surface area contributed by atoms with Gasteiger partial charge in [-0.15, -0.1) is 0 Å². The normalized spacial score (nSPS) is 11.2. The highest BCUT2D eigenvalue weighted by molar-refractivity contribution is 6.02. The minimum absolute atomic E-state index is 0.258. The highest BCUT2D eigenvalue weighted by atomic mass is 16.5. The molecule has 0 heterocycles. The van der Waals surface area contributed by atoms with Gasteiger partial charge in [-0.3, -0.25) is 9.69 Å². The van der Waals surface area contributed by atoms with Gasteiger partial charge in [-0.25, -0.2) is 0 Å². The minimum atomic E-state index is -0.258. The Hall–Kier alpha value is -3.30. The van der Waals surface area contributed by atoms with Crippen LogP contribution in [-0.2, 0) is 4.79 Å². The summed E-state index contributed by atoms with van der Waals surface area (Å²) in [7, 11) is 1.59. The van der Waals surface area contributed by atoms with Gasteiger partial charge in [0.1, 0.15) is 6.61 Å². The lowest BCUT2D eigenvalue weighted by molar-refractivity contribution is -0.111. The van der Waals surface area contributed by atoms with E-state index in [1.807, 2.05) is 0 Å². The third-order valence-electron chi connectivity index (χ3n) is 4.83. The van der Waals surface area contributed by atoms with Crippen molar-refractivity contribution in [1.82, 2.24) is 4.90 Å². The summed E-state index contributed by atoms with van der Waals surface area (Å²) in [5, 5.41) is 11.7. The van der Waals surface area contributed by atoms with Gasteiger partial charge in [0, 0.05) is 36.5 Å². The molecule has 0 unspecified atom stereocenters. The van der Waals surface area contributed by atoms with Crippen LogP contribution >= 0.6 is 0 Å². The lowest BCUT2D eigenvalue weighted by atomic mass is 10.1. The van der Waals surface area contributed by atoms with Gasteiger partial charge < -0.3 is 14.8 Å². The second-order valence-electron chi connectivity index (χ2n) is 7.70. The molecule has 164 valence electrons. The number of nitrogens with zero attached hydrogens (tertiary/aromatic N) is 2. The molecule has 0 aliphatic heterocycles. The first-order chi connectivity index (χ1) is 14.8. The van der Waals surface area contributed by atoms with Crippen LogP contribution in [0.5, 0.6) is 11.5 Å². The summed E-state index contributed by atoms with van der Waals surface area (Å²) >= 11 is 0. The summed E-state index contributed by atoms with van der Waals surface area (Å²) in [4.78, 5) is 14.7. The number of amides is 1. The molecule has 0 spiro atoms. The van der Waals surface area contributed by atoms with E-state index in [2.05, 4.69) is 44.0 Å². The maximum Gasteiger partial charge on any atom is 0.248 e. The second kappa shape index (κ2) is 11.8. The number of carbonyl (C=O) groups excluding carboxylic acids is 1. The molecule has 1 N–H and O–H groups in total. The lowest BCUT2D eigenvalue weighted by Crippen LogP contribution is -2.39. The predicted octanol–water partition coefficient (Wildman–Crippen LogP) is 4.72. The number of methoxy groups -OCH3 is 1. The average molecular weight is 422 g/mol. The summed E-state index contributed by atoms with van der Waals surface area (Å²) in [5.41, 5.74) is 2.04. The summed E-state index contributed by atoms with van der Waals surface area (Å²) in [6.07, 6.45) is 3.15. The van der Waals surface area contributed by atoms with E-state index in [0.29, 0.717) is 41.4 Å². The first-order valence-electron chi connectivity index (χ1n) is 10.4. The topological polar surface area (TPSA) is 74.6 Å². The fourth-order valence-corrected chi connectivity index (χ4v) is 3.27. The van der Waals surface area contributed by atoms with Crippen LogP contribution in [0, 0.1) is 11.3 Å². The van der Waals surface area contributed by atoms with Gasteiger partial charge in [-0.1, -0.05) is 12.1 Å². The molecule has 0 radical (unpaired) electrons. The standard InChI is InChI=1S/C25H31N3O3/c1-18(2)28(19(3)4)14-15-31-24-16-22(11-12-23(24)30-5)27-25(29)13-10-20-6-8-21(17-26)9-7-20/h6-13,16,18-19H,14-15H2,1-5H3,(H,27,29). The van der Waals surface area contributed by atoms with Gasteiger partial charge in [0.25, 0.3) is 0 Å². The van der Waals surface area contributed by atoms with Crippen molar-refractivity contribution in [3.63, 3.8) is 0 Å². The quantitative estimate of drug-likeness (QED) is 0.562. The fraction of sp³-hybridized carbons (Fsp3) is 0.360. The number of nitriles is 1. The third-order valence-corrected chi connectivity index (χ3v) is 4.83. The Labute approximate surface area is 185 Å². The van der Waals surface area contributed by atoms with E-state index in [-0.39, 0.29) is 5.91 Å². The number of rotatable bonds is 10. The number of hydrogen-bond acceptors (Lipinski definition) is 5. The molecule has 0 bridgehead atoms. The summed E-state index contributed by atoms with van der Waals surface area (Å²) < 4.78 is 11.4. The van der Waals surface area contributed by atoms with E-state index in [0.717, 1.165) is 12.1 Å². The molecule has 1 amide bonds. The lowest BCUT2D eigenvalue weighted by Gasteiger charge is -2.30. The zero-order valence-corrected chi connectivity index (χ0v) is 18.9. The van der Waals surface area contributed by atoms with Crippen LogP contribution in [0.15, 0.2) is 48.5 Å². The van der Waals surface area contributed by atoms with E-state index >= 15 is 0 Å². The Morgan fingerprint density at radius 3 is 2.35 bits per heavy atom. The van der Waals surface area contributed by atoms with E-state index in [4.69, 9.17) is 14.7 Å². The van der Waals surface area contributed by atoms with Crippen LogP contribution < -0.4 is 14.8 Å². The summed E-state index contributed by atoms with van der Waals surface area (Å²) in [6.45, 7) is 9.99. The van der Waals surface area contributed by atoms with Crippen LogP contribution in [0.4, 0.5) is 5.69 Å². The molecular weight excluding hydrogens is 390 g/mol. The number of benzene rings is 2. The smallest absolute Gasteiger partial charge is 0.248 e. The van der Waals surface area contributed by atoms with E-state index in [1.165, 1.54) is 6.08 Å². The Balaban J connectivity index is 2.00. The van der Waals surface area contributed by atoms with Gasteiger partial charge in [0.15, 0.2) is 11.5 Å². The van der Waals surface area contributed by atoms with Crippen LogP contribution in [-0.4, -0.2) is 43.2 Å². The zero-order valence-electron chi connectivity index (χ0n) is 18.9. The molecule has 0 saturated carbocycles. The maximum absolute atomic E-state index is 12.3. The first kappa shape index (κ1) is 24.0. The van der Waals surface area contributed by atoms with Gasteiger partial charge in [-0.2, -0.15) is 5.26 Å². The molecule has 0 saturated heterocycles.